The van der Waals surface area contributed by atoms with Gasteiger partial charge in [-0.15, -0.1) is 0 Å². The number of benzene rings is 1. The van der Waals surface area contributed by atoms with Gasteiger partial charge in [0.15, 0.2) is 0 Å². The minimum absolute atomic E-state index is 0.0338. The van der Waals surface area contributed by atoms with Gasteiger partial charge in [-0.25, -0.2) is 0 Å². The number of carbonyl (C=O) groups excluding carboxylic acids is 1. The molecular weight excluding hydrogens is 366 g/mol. The number of aliphatic hydroxyl groups excluding tert-OH is 1. The zero-order chi connectivity index (χ0) is 20.4. The number of nitrogens with zero attached hydrogens (tertiary/aromatic N) is 5. The Bertz CT molecular complexity index is 1000. The summed E-state index contributed by atoms with van der Waals surface area (Å²) in [6, 6.07) is 9.69. The van der Waals surface area contributed by atoms with Crippen LogP contribution in [0, 0.1) is 19.8 Å². The smallest absolute Gasteiger partial charge is 0.253 e. The van der Waals surface area contributed by atoms with Crippen LogP contribution in [0.15, 0.2) is 48.9 Å². The van der Waals surface area contributed by atoms with Crippen LogP contribution in [0.1, 0.15) is 33.0 Å². The Morgan fingerprint density at radius 1 is 1.21 bits per heavy atom. The second-order valence-corrected chi connectivity index (χ2v) is 7.72. The molecule has 7 nitrogen and oxygen atoms in total. The summed E-state index contributed by atoms with van der Waals surface area (Å²) in [5.74, 6) is -0.0885. The van der Waals surface area contributed by atoms with E-state index >= 15 is 0 Å². The van der Waals surface area contributed by atoms with E-state index in [0.717, 1.165) is 22.6 Å². The van der Waals surface area contributed by atoms with E-state index in [1.807, 2.05) is 48.9 Å². The first-order valence-electron chi connectivity index (χ1n) is 9.82. The van der Waals surface area contributed by atoms with Crippen molar-refractivity contribution in [3.63, 3.8) is 0 Å². The fourth-order valence-corrected chi connectivity index (χ4v) is 3.92. The maximum Gasteiger partial charge on any atom is 0.253 e. The molecule has 3 aromatic rings. The third-order valence-electron chi connectivity index (χ3n) is 5.39. The molecule has 1 fully saturated rings. The van der Waals surface area contributed by atoms with Gasteiger partial charge in [0.25, 0.3) is 5.91 Å². The van der Waals surface area contributed by atoms with E-state index in [-0.39, 0.29) is 11.8 Å². The number of aryl methyl sites for hydroxylation is 2. The van der Waals surface area contributed by atoms with Crippen LogP contribution in [0.25, 0.3) is 0 Å². The number of β-amino-alcohol motifs (C(OH)–C–C–N with tert-alkyl or cyclic N) is 1. The molecule has 1 saturated heterocycles. The molecule has 3 heterocycles. The van der Waals surface area contributed by atoms with Crippen molar-refractivity contribution in [2.45, 2.75) is 32.9 Å². The van der Waals surface area contributed by atoms with Crippen LogP contribution < -0.4 is 0 Å². The van der Waals surface area contributed by atoms with Gasteiger partial charge in [-0.05, 0) is 44.0 Å². The number of likely N-dealkylation sites (tertiary alicyclic amines) is 1. The molecule has 1 aliphatic rings. The van der Waals surface area contributed by atoms with Crippen molar-refractivity contribution >= 4 is 5.91 Å². The van der Waals surface area contributed by atoms with Gasteiger partial charge in [-0.2, -0.15) is 5.10 Å². The summed E-state index contributed by atoms with van der Waals surface area (Å²) in [6.07, 6.45) is 5.03. The molecule has 150 valence electrons. The molecule has 0 spiro atoms. The third-order valence-corrected chi connectivity index (χ3v) is 5.39. The van der Waals surface area contributed by atoms with Crippen molar-refractivity contribution in [1.82, 2.24) is 24.6 Å². The van der Waals surface area contributed by atoms with E-state index in [4.69, 9.17) is 0 Å². The van der Waals surface area contributed by atoms with E-state index in [2.05, 4.69) is 15.1 Å². The minimum atomic E-state index is -0.557. The lowest BCUT2D eigenvalue weighted by molar-refractivity contribution is 0.0764. The van der Waals surface area contributed by atoms with Crippen LogP contribution in [0.3, 0.4) is 0 Å². The van der Waals surface area contributed by atoms with Crippen LogP contribution in [0.2, 0.25) is 0 Å². The Labute approximate surface area is 170 Å². The summed E-state index contributed by atoms with van der Waals surface area (Å²) in [7, 11) is 0. The van der Waals surface area contributed by atoms with Crippen molar-refractivity contribution in [1.29, 1.82) is 0 Å². The minimum Gasteiger partial charge on any atom is -0.391 e. The topological polar surface area (TPSA) is 84.1 Å². The van der Waals surface area contributed by atoms with Gasteiger partial charge in [0.2, 0.25) is 0 Å². The quantitative estimate of drug-likeness (QED) is 0.719. The molecule has 4 rings (SSSR count). The summed E-state index contributed by atoms with van der Waals surface area (Å²) < 4.78 is 1.94. The highest BCUT2D eigenvalue weighted by Crippen LogP contribution is 2.23. The van der Waals surface area contributed by atoms with Crippen molar-refractivity contribution < 1.29 is 9.90 Å². The molecule has 29 heavy (non-hydrogen) atoms. The number of rotatable bonds is 5. The average molecular weight is 391 g/mol. The maximum atomic E-state index is 13.0. The number of amides is 1. The van der Waals surface area contributed by atoms with E-state index < -0.39 is 6.10 Å². The normalized spacial score (nSPS) is 18.9. The molecule has 0 aliphatic carbocycles. The lowest BCUT2D eigenvalue weighted by Gasteiger charge is -2.17. The van der Waals surface area contributed by atoms with Crippen LogP contribution in [-0.4, -0.2) is 54.9 Å². The van der Waals surface area contributed by atoms with E-state index in [1.54, 1.807) is 23.5 Å². The molecule has 0 radical (unpaired) electrons. The molecular formula is C22H25N5O2. The summed E-state index contributed by atoms with van der Waals surface area (Å²) in [6.45, 7) is 5.47. The van der Waals surface area contributed by atoms with Crippen molar-refractivity contribution in [3.05, 3.63) is 77.1 Å². The number of hydrogen-bond donors (Lipinski definition) is 1. The average Bonchev–Trinajstić information content (AvgIpc) is 3.23. The molecule has 0 saturated carbocycles. The van der Waals surface area contributed by atoms with Gasteiger partial charge in [-0.3, -0.25) is 19.4 Å². The molecule has 1 amide bonds. The molecule has 1 aromatic carbocycles. The zero-order valence-corrected chi connectivity index (χ0v) is 16.7. The molecule has 2 atom stereocenters. The van der Waals surface area contributed by atoms with Gasteiger partial charge >= 0.3 is 0 Å². The maximum absolute atomic E-state index is 13.0. The van der Waals surface area contributed by atoms with Gasteiger partial charge in [0.05, 0.1) is 24.0 Å². The van der Waals surface area contributed by atoms with Crippen molar-refractivity contribution in [2.75, 3.05) is 13.1 Å². The number of aliphatic hydroxyl groups is 1. The molecule has 1 N–H and O–H groups in total. The Balaban J connectivity index is 1.45. The predicted octanol–water partition coefficient (Wildman–Crippen LogP) is 2.01. The van der Waals surface area contributed by atoms with Crippen LogP contribution >= 0.6 is 0 Å². The summed E-state index contributed by atoms with van der Waals surface area (Å²) >= 11 is 0. The molecule has 0 bridgehead atoms. The van der Waals surface area contributed by atoms with Crippen molar-refractivity contribution in [2.24, 2.45) is 5.92 Å². The van der Waals surface area contributed by atoms with Crippen LogP contribution in [0.4, 0.5) is 0 Å². The summed E-state index contributed by atoms with van der Waals surface area (Å²) in [4.78, 5) is 23.1. The first-order chi connectivity index (χ1) is 14.0. The monoisotopic (exact) mass is 391 g/mol. The Kier molecular flexibility index (Phi) is 5.40. The SMILES string of the molecule is Cc1cc(C)n(Cc2cccc(C(=O)N3C[C@@H](Cc4cnccn4)[C@H](O)C3)c2)n1. The second-order valence-electron chi connectivity index (χ2n) is 7.72. The van der Waals surface area contributed by atoms with Gasteiger partial charge < -0.3 is 10.0 Å². The largest absolute Gasteiger partial charge is 0.391 e. The third kappa shape index (κ3) is 4.35. The summed E-state index contributed by atoms with van der Waals surface area (Å²) in [5.41, 5.74) is 4.57. The lowest BCUT2D eigenvalue weighted by atomic mass is 10.0. The highest BCUT2D eigenvalue weighted by molar-refractivity contribution is 5.94. The van der Waals surface area contributed by atoms with E-state index in [1.165, 1.54) is 0 Å². The fourth-order valence-electron chi connectivity index (χ4n) is 3.92. The van der Waals surface area contributed by atoms with E-state index in [9.17, 15) is 9.90 Å². The van der Waals surface area contributed by atoms with Gasteiger partial charge in [-0.1, -0.05) is 12.1 Å². The predicted molar refractivity (Wildman–Crippen MR) is 108 cm³/mol. The Morgan fingerprint density at radius 2 is 2.07 bits per heavy atom. The highest BCUT2D eigenvalue weighted by atomic mass is 16.3. The standard InChI is InChI=1S/C22H25N5O2/c1-15-8-16(2)27(25-15)12-17-4-3-5-18(9-17)22(29)26-13-19(21(28)14-26)10-20-11-23-6-7-24-20/h3-9,11,19,21,28H,10,12-14H2,1-2H3/t19-,21-/m1/s1. The van der Waals surface area contributed by atoms with Crippen LogP contribution in [0.5, 0.6) is 0 Å². The van der Waals surface area contributed by atoms with Gasteiger partial charge in [0.1, 0.15) is 0 Å². The fraction of sp³-hybridized carbons (Fsp3) is 0.364. The Morgan fingerprint density at radius 3 is 2.79 bits per heavy atom. The zero-order valence-electron chi connectivity index (χ0n) is 16.7. The first kappa shape index (κ1) is 19.3. The molecule has 1 aliphatic heterocycles. The number of carbonyl (C=O) groups is 1. The van der Waals surface area contributed by atoms with Crippen molar-refractivity contribution in [3.8, 4) is 0 Å². The van der Waals surface area contributed by atoms with Crippen LogP contribution in [-0.2, 0) is 13.0 Å². The van der Waals surface area contributed by atoms with E-state index in [0.29, 0.717) is 31.6 Å². The molecule has 7 heteroatoms. The number of hydrogen-bond acceptors (Lipinski definition) is 5. The first-order valence-corrected chi connectivity index (χ1v) is 9.82. The molecule has 0 unspecified atom stereocenters. The van der Waals surface area contributed by atoms with Gasteiger partial charge in [0, 0.05) is 48.9 Å². The molecule has 2 aromatic heterocycles. The highest BCUT2D eigenvalue weighted by Gasteiger charge is 2.34. The second kappa shape index (κ2) is 8.13. The lowest BCUT2D eigenvalue weighted by Crippen LogP contribution is -2.29. The number of aromatic nitrogens is 4. The Hall–Kier alpha value is -3.06. The summed E-state index contributed by atoms with van der Waals surface area (Å²) in [5, 5.41) is 14.9.